The maximum Gasteiger partial charge on any atom is 0.315 e. The third-order valence-corrected chi connectivity index (χ3v) is 2.14. The summed E-state index contributed by atoms with van der Waals surface area (Å²) in [6.07, 6.45) is 0. The Hall–Kier alpha value is -2.02. The molecule has 1 aromatic rings. The van der Waals surface area contributed by atoms with E-state index in [1.165, 1.54) is 19.2 Å². The number of hydrogen-bond acceptors (Lipinski definition) is 6. The molecule has 0 aliphatic heterocycles. The number of nitro benzene ring substituents is 1. The molecule has 0 amide bonds. The van der Waals surface area contributed by atoms with Crippen molar-refractivity contribution in [2.75, 3.05) is 32.7 Å². The first-order valence-electron chi connectivity index (χ1n) is 5.43. The van der Waals surface area contributed by atoms with Crippen LogP contribution >= 0.6 is 0 Å². The second kappa shape index (κ2) is 6.65. The number of rotatable bonds is 7. The van der Waals surface area contributed by atoms with Crippen LogP contribution in [0.2, 0.25) is 0 Å². The monoisotopic (exact) mass is 256 g/mol. The van der Waals surface area contributed by atoms with Crippen molar-refractivity contribution in [2.24, 2.45) is 0 Å². The molecule has 0 bridgehead atoms. The van der Waals surface area contributed by atoms with Gasteiger partial charge in [0, 0.05) is 13.2 Å². The fourth-order valence-corrected chi connectivity index (χ4v) is 1.37. The molecule has 0 spiro atoms. The Morgan fingerprint density at radius 2 is 2.00 bits per heavy atom. The number of anilines is 1. The van der Waals surface area contributed by atoms with Crippen molar-refractivity contribution in [3.63, 3.8) is 0 Å². The number of nitrogens with zero attached hydrogens (tertiary/aromatic N) is 1. The van der Waals surface area contributed by atoms with Gasteiger partial charge in [0.2, 0.25) is 5.75 Å². The summed E-state index contributed by atoms with van der Waals surface area (Å²) in [5, 5.41) is 10.9. The molecule has 100 valence electrons. The molecule has 1 aromatic carbocycles. The molecule has 0 saturated carbocycles. The Morgan fingerprint density at radius 3 is 2.56 bits per heavy atom. The highest BCUT2D eigenvalue weighted by Crippen LogP contribution is 2.41. The molecular formula is C11H16N2O5. The molecule has 0 aromatic heterocycles. The van der Waals surface area contributed by atoms with E-state index in [2.05, 4.69) is 0 Å². The van der Waals surface area contributed by atoms with Crippen LogP contribution in [0.5, 0.6) is 11.5 Å². The first kappa shape index (κ1) is 14.0. The van der Waals surface area contributed by atoms with Gasteiger partial charge in [-0.1, -0.05) is 0 Å². The Balaban J connectivity index is 3.10. The zero-order valence-corrected chi connectivity index (χ0v) is 10.3. The second-order valence-electron chi connectivity index (χ2n) is 3.36. The van der Waals surface area contributed by atoms with Crippen LogP contribution in [0.25, 0.3) is 0 Å². The lowest BCUT2D eigenvalue weighted by atomic mass is 10.2. The molecule has 0 fully saturated rings. The summed E-state index contributed by atoms with van der Waals surface area (Å²) in [6.45, 7) is 2.60. The van der Waals surface area contributed by atoms with Gasteiger partial charge in [0.25, 0.3) is 0 Å². The minimum Gasteiger partial charge on any atom is -0.485 e. The maximum absolute atomic E-state index is 10.9. The molecule has 7 heteroatoms. The minimum atomic E-state index is -0.534. The Bertz CT molecular complexity index is 422. The van der Waals surface area contributed by atoms with Gasteiger partial charge in [-0.25, -0.2) is 0 Å². The van der Waals surface area contributed by atoms with Crippen LogP contribution in [0.4, 0.5) is 11.4 Å². The predicted octanol–water partition coefficient (Wildman–Crippen LogP) is 1.60. The quantitative estimate of drug-likeness (QED) is 0.344. The number of nitrogen functional groups attached to an aromatic ring is 1. The van der Waals surface area contributed by atoms with Crippen LogP contribution in [0.15, 0.2) is 12.1 Å². The molecule has 0 aliphatic carbocycles. The lowest BCUT2D eigenvalue weighted by Gasteiger charge is -2.13. The van der Waals surface area contributed by atoms with E-state index in [0.29, 0.717) is 12.3 Å². The highest BCUT2D eigenvalue weighted by atomic mass is 16.6. The molecule has 0 saturated heterocycles. The fourth-order valence-electron chi connectivity index (χ4n) is 1.37. The van der Waals surface area contributed by atoms with Crippen LogP contribution in [0.3, 0.4) is 0 Å². The van der Waals surface area contributed by atoms with E-state index in [0.717, 1.165) is 0 Å². The average molecular weight is 256 g/mol. The highest BCUT2D eigenvalue weighted by molar-refractivity contribution is 5.68. The van der Waals surface area contributed by atoms with Gasteiger partial charge < -0.3 is 19.9 Å². The smallest absolute Gasteiger partial charge is 0.315 e. The maximum atomic E-state index is 10.9. The largest absolute Gasteiger partial charge is 0.485 e. The second-order valence-corrected chi connectivity index (χ2v) is 3.36. The van der Waals surface area contributed by atoms with Crippen molar-refractivity contribution in [2.45, 2.75) is 6.92 Å². The molecule has 0 heterocycles. The van der Waals surface area contributed by atoms with E-state index < -0.39 is 4.92 Å². The lowest BCUT2D eigenvalue weighted by Crippen LogP contribution is -2.09. The number of nitro groups is 1. The van der Waals surface area contributed by atoms with Gasteiger partial charge in [-0.3, -0.25) is 10.1 Å². The molecule has 0 aliphatic rings. The zero-order valence-electron chi connectivity index (χ0n) is 10.3. The summed E-state index contributed by atoms with van der Waals surface area (Å²) >= 11 is 0. The van der Waals surface area contributed by atoms with Crippen molar-refractivity contribution in [1.29, 1.82) is 0 Å². The van der Waals surface area contributed by atoms with E-state index in [1.807, 2.05) is 0 Å². The molecule has 0 unspecified atom stereocenters. The average Bonchev–Trinajstić information content (AvgIpc) is 2.33. The Kier molecular flexibility index (Phi) is 5.19. The number of nitrogens with two attached hydrogens (primary N) is 1. The summed E-state index contributed by atoms with van der Waals surface area (Å²) in [7, 11) is 1.53. The number of benzene rings is 1. The Morgan fingerprint density at radius 1 is 1.28 bits per heavy atom. The van der Waals surface area contributed by atoms with Crippen LogP contribution in [-0.2, 0) is 4.74 Å². The summed E-state index contributed by atoms with van der Waals surface area (Å²) in [4.78, 5) is 10.4. The van der Waals surface area contributed by atoms with Crippen molar-refractivity contribution in [1.82, 2.24) is 0 Å². The van der Waals surface area contributed by atoms with E-state index >= 15 is 0 Å². The zero-order chi connectivity index (χ0) is 13.5. The summed E-state index contributed by atoms with van der Waals surface area (Å²) in [5.74, 6) is 0.238. The van der Waals surface area contributed by atoms with E-state index in [1.54, 1.807) is 6.92 Å². The van der Waals surface area contributed by atoms with Crippen molar-refractivity contribution in [3.8, 4) is 11.5 Å². The van der Waals surface area contributed by atoms with Crippen molar-refractivity contribution >= 4 is 11.4 Å². The molecule has 0 radical (unpaired) electrons. The van der Waals surface area contributed by atoms with Gasteiger partial charge in [0.15, 0.2) is 5.75 Å². The van der Waals surface area contributed by atoms with Gasteiger partial charge in [-0.15, -0.1) is 0 Å². The summed E-state index contributed by atoms with van der Waals surface area (Å²) in [5.41, 5.74) is 5.86. The van der Waals surface area contributed by atoms with Gasteiger partial charge in [0.1, 0.15) is 6.61 Å². The third kappa shape index (κ3) is 3.24. The van der Waals surface area contributed by atoms with Crippen LogP contribution in [0, 0.1) is 10.1 Å². The van der Waals surface area contributed by atoms with E-state index in [4.69, 9.17) is 19.9 Å². The Labute approximate surface area is 105 Å². The first-order valence-corrected chi connectivity index (χ1v) is 5.43. The molecular weight excluding hydrogens is 240 g/mol. The van der Waals surface area contributed by atoms with Gasteiger partial charge in [-0.2, -0.15) is 0 Å². The molecule has 0 atom stereocenters. The SMILES string of the molecule is CCOc1c([N+](=O)[O-])ccc(N)c1OCCOC. The fraction of sp³-hybridized carbons (Fsp3) is 0.455. The van der Waals surface area contributed by atoms with Crippen LogP contribution in [-0.4, -0.2) is 31.9 Å². The molecule has 18 heavy (non-hydrogen) atoms. The van der Waals surface area contributed by atoms with E-state index in [9.17, 15) is 10.1 Å². The standard InChI is InChI=1S/C11H16N2O5/c1-3-17-11-9(13(14)15)5-4-8(12)10(11)18-7-6-16-2/h4-5H,3,6-7,12H2,1-2H3. The summed E-state index contributed by atoms with van der Waals surface area (Å²) < 4.78 is 15.5. The van der Waals surface area contributed by atoms with Gasteiger partial charge in [0.05, 0.1) is 23.8 Å². The van der Waals surface area contributed by atoms with Crippen molar-refractivity contribution in [3.05, 3.63) is 22.2 Å². The minimum absolute atomic E-state index is 0.0543. The normalized spacial score (nSPS) is 10.1. The molecule has 1 rings (SSSR count). The van der Waals surface area contributed by atoms with Crippen LogP contribution < -0.4 is 15.2 Å². The van der Waals surface area contributed by atoms with Crippen LogP contribution in [0.1, 0.15) is 6.92 Å². The van der Waals surface area contributed by atoms with Crippen molar-refractivity contribution < 1.29 is 19.1 Å². The van der Waals surface area contributed by atoms with E-state index in [-0.39, 0.29) is 30.4 Å². The predicted molar refractivity (Wildman–Crippen MR) is 66.0 cm³/mol. The first-order chi connectivity index (χ1) is 8.61. The lowest BCUT2D eigenvalue weighted by molar-refractivity contribution is -0.385. The number of ether oxygens (including phenoxy) is 3. The topological polar surface area (TPSA) is 96.9 Å². The number of hydrogen-bond donors (Lipinski definition) is 1. The summed E-state index contributed by atoms with van der Waals surface area (Å²) in [6, 6.07) is 2.71. The third-order valence-electron chi connectivity index (χ3n) is 2.14. The molecule has 2 N–H and O–H groups in total. The van der Waals surface area contributed by atoms with Gasteiger partial charge >= 0.3 is 5.69 Å². The molecule has 7 nitrogen and oxygen atoms in total. The number of methoxy groups -OCH3 is 1. The van der Waals surface area contributed by atoms with Gasteiger partial charge in [-0.05, 0) is 13.0 Å². The highest BCUT2D eigenvalue weighted by Gasteiger charge is 2.22.